The predicted octanol–water partition coefficient (Wildman–Crippen LogP) is -5.74. The normalized spacial score (nSPS) is 42.5. The van der Waals surface area contributed by atoms with Crippen LogP contribution in [0.4, 0.5) is 0 Å². The maximum absolute atomic E-state index is 11.1. The molecule has 2 fully saturated rings. The number of hydrogen-bond acceptors (Lipinski definition) is 15. The van der Waals surface area contributed by atoms with E-state index in [-0.39, 0.29) is 0 Å². The summed E-state index contributed by atoms with van der Waals surface area (Å²) in [6.45, 7) is -1.93. The average molecular weight is 502 g/mol. The van der Waals surface area contributed by atoms with Crippen LogP contribution in [-0.2, 0) is 43.4 Å². The molecule has 184 valence electrons. The minimum atomic E-state index is -5.25. The Balaban J connectivity index is 2.26. The fraction of sp³-hybridized carbons (Fsp3) is 1.00. The van der Waals surface area contributed by atoms with E-state index in [0.29, 0.717) is 0 Å². The second-order valence-electron chi connectivity index (χ2n) is 6.53. The van der Waals surface area contributed by atoms with Crippen LogP contribution in [0.2, 0.25) is 0 Å². The molecule has 2 saturated heterocycles. The first-order valence-corrected chi connectivity index (χ1v) is 11.1. The van der Waals surface area contributed by atoms with Gasteiger partial charge in [0.25, 0.3) is 0 Å². The SMILES string of the molecule is O=S(=O)(O)O[C@H]1[C@@H](O[C@H]2O[C@H](CO)[C@@H](OS(=O)(=O)O)[C@H](O)[C@H]2O)O[C@H](CO)[C@@H](O)[C@@H]1O. The average Bonchev–Trinajstić information content (AvgIpc) is 2.65. The van der Waals surface area contributed by atoms with Crippen molar-refractivity contribution in [2.45, 2.75) is 61.4 Å². The van der Waals surface area contributed by atoms with E-state index >= 15 is 0 Å². The van der Waals surface area contributed by atoms with Gasteiger partial charge in [0, 0.05) is 0 Å². The minimum Gasteiger partial charge on any atom is -0.394 e. The Bertz CT molecular complexity index is 798. The van der Waals surface area contributed by atoms with Crippen LogP contribution in [0, 0.1) is 0 Å². The number of ether oxygens (including phenoxy) is 3. The van der Waals surface area contributed by atoms with Gasteiger partial charge in [-0.15, -0.1) is 0 Å². The summed E-state index contributed by atoms with van der Waals surface area (Å²) in [5.41, 5.74) is 0. The molecule has 19 heteroatoms. The van der Waals surface area contributed by atoms with E-state index in [1.807, 2.05) is 0 Å². The Morgan fingerprint density at radius 1 is 0.645 bits per heavy atom. The number of aliphatic hydroxyl groups is 6. The van der Waals surface area contributed by atoms with Crippen molar-refractivity contribution in [1.29, 1.82) is 0 Å². The highest BCUT2D eigenvalue weighted by Gasteiger charge is 2.52. The molecule has 0 aromatic heterocycles. The van der Waals surface area contributed by atoms with Crippen LogP contribution in [0.25, 0.3) is 0 Å². The van der Waals surface area contributed by atoms with Gasteiger partial charge in [0.2, 0.25) is 0 Å². The summed E-state index contributed by atoms with van der Waals surface area (Å²) in [6.07, 6.45) is -19.9. The quantitative estimate of drug-likeness (QED) is 0.143. The van der Waals surface area contributed by atoms with Crippen LogP contribution in [-0.4, -0.2) is 131 Å². The molecule has 2 aliphatic heterocycles. The van der Waals surface area contributed by atoms with E-state index in [1.54, 1.807) is 0 Å². The summed E-state index contributed by atoms with van der Waals surface area (Å²) in [4.78, 5) is 0. The molecule has 0 bridgehead atoms. The second kappa shape index (κ2) is 10.1. The smallest absolute Gasteiger partial charge is 0.394 e. The molecule has 0 aromatic rings. The summed E-state index contributed by atoms with van der Waals surface area (Å²) < 4.78 is 85.2. The van der Waals surface area contributed by atoms with Gasteiger partial charge >= 0.3 is 20.8 Å². The molecular formula is C12H22O17S2. The molecule has 0 spiro atoms. The Kier molecular flexibility index (Phi) is 8.68. The van der Waals surface area contributed by atoms with Gasteiger partial charge in [-0.25, -0.2) is 8.37 Å². The lowest BCUT2D eigenvalue weighted by molar-refractivity contribution is -0.372. The maximum atomic E-state index is 11.1. The van der Waals surface area contributed by atoms with Crippen molar-refractivity contribution in [2.75, 3.05) is 13.2 Å². The van der Waals surface area contributed by atoms with Crippen molar-refractivity contribution < 1.29 is 79.2 Å². The molecule has 17 nitrogen and oxygen atoms in total. The van der Waals surface area contributed by atoms with Crippen molar-refractivity contribution >= 4 is 20.8 Å². The van der Waals surface area contributed by atoms with Crippen LogP contribution < -0.4 is 0 Å². The predicted molar refractivity (Wildman–Crippen MR) is 89.4 cm³/mol. The molecule has 0 amide bonds. The van der Waals surface area contributed by atoms with E-state index in [9.17, 15) is 47.5 Å². The standard InChI is InChI=1S/C12H22O17S2/c13-1-3-5(15)6(16)10(29-31(22,23)24)12(25-3)27-11-8(18)7(17)9(4(2-14)26-11)28-30(19,20)21/h3-18H,1-2H2,(H,19,20,21)(H,22,23,24)/t3-,4-,5-,6+,7-,8-,9-,10-,11-,12-/m1/s1. The molecule has 2 heterocycles. The Morgan fingerprint density at radius 3 is 1.58 bits per heavy atom. The Morgan fingerprint density at radius 2 is 1.10 bits per heavy atom. The van der Waals surface area contributed by atoms with Gasteiger partial charge in [0.15, 0.2) is 18.7 Å². The van der Waals surface area contributed by atoms with Crippen LogP contribution in [0.3, 0.4) is 0 Å². The van der Waals surface area contributed by atoms with Crippen molar-refractivity contribution in [2.24, 2.45) is 0 Å². The first kappa shape index (κ1) is 26.6. The van der Waals surface area contributed by atoms with Gasteiger partial charge < -0.3 is 44.8 Å². The summed E-state index contributed by atoms with van der Waals surface area (Å²) >= 11 is 0. The third-order valence-corrected chi connectivity index (χ3v) is 5.31. The molecular weight excluding hydrogens is 480 g/mol. The minimum absolute atomic E-state index is 0.906. The summed E-state index contributed by atoms with van der Waals surface area (Å²) in [5, 5.41) is 58.7. The van der Waals surface area contributed by atoms with Crippen LogP contribution >= 0.6 is 0 Å². The van der Waals surface area contributed by atoms with Crippen molar-refractivity contribution in [3.8, 4) is 0 Å². The molecule has 0 aromatic carbocycles. The molecule has 0 radical (unpaired) electrons. The number of rotatable bonds is 8. The monoisotopic (exact) mass is 502 g/mol. The number of hydrogen-bond donors (Lipinski definition) is 8. The third kappa shape index (κ3) is 6.69. The lowest BCUT2D eigenvalue weighted by Crippen LogP contribution is -2.64. The van der Waals surface area contributed by atoms with Crippen molar-refractivity contribution in [3.05, 3.63) is 0 Å². The molecule has 0 aliphatic carbocycles. The molecule has 8 N–H and O–H groups in total. The van der Waals surface area contributed by atoms with Gasteiger partial charge in [-0.05, 0) is 0 Å². The lowest BCUT2D eigenvalue weighted by Gasteiger charge is -2.45. The van der Waals surface area contributed by atoms with Gasteiger partial charge in [-0.2, -0.15) is 16.8 Å². The van der Waals surface area contributed by atoms with Gasteiger partial charge in [0.05, 0.1) is 13.2 Å². The Hall–Kier alpha value is -0.620. The molecule has 31 heavy (non-hydrogen) atoms. The van der Waals surface area contributed by atoms with E-state index in [0.717, 1.165) is 0 Å². The van der Waals surface area contributed by atoms with Crippen LogP contribution in [0.1, 0.15) is 0 Å². The number of aliphatic hydroxyl groups excluding tert-OH is 6. The van der Waals surface area contributed by atoms with E-state index in [2.05, 4.69) is 8.37 Å². The van der Waals surface area contributed by atoms with Gasteiger partial charge in [-0.1, -0.05) is 0 Å². The Labute approximate surface area is 175 Å². The molecule has 2 rings (SSSR count). The highest BCUT2D eigenvalue weighted by molar-refractivity contribution is 7.81. The first-order valence-electron chi connectivity index (χ1n) is 8.40. The highest BCUT2D eigenvalue weighted by atomic mass is 32.3. The summed E-state index contributed by atoms with van der Waals surface area (Å²) in [7, 11) is -10.4. The van der Waals surface area contributed by atoms with Crippen LogP contribution in [0.15, 0.2) is 0 Å². The second-order valence-corrected chi connectivity index (χ2v) is 8.62. The zero-order valence-corrected chi connectivity index (χ0v) is 16.9. The van der Waals surface area contributed by atoms with E-state index in [4.69, 9.17) is 23.3 Å². The van der Waals surface area contributed by atoms with Crippen molar-refractivity contribution in [3.63, 3.8) is 0 Å². The maximum Gasteiger partial charge on any atom is 0.397 e. The highest BCUT2D eigenvalue weighted by Crippen LogP contribution is 2.31. The topological polar surface area (TPSA) is 276 Å². The lowest BCUT2D eigenvalue weighted by atomic mass is 9.98. The molecule has 0 unspecified atom stereocenters. The molecule has 0 saturated carbocycles. The van der Waals surface area contributed by atoms with Gasteiger partial charge in [0.1, 0.15) is 42.7 Å². The zero-order valence-electron chi connectivity index (χ0n) is 15.3. The fourth-order valence-corrected chi connectivity index (χ4v) is 3.97. The summed E-state index contributed by atoms with van der Waals surface area (Å²) in [6, 6.07) is 0. The molecule has 10 atom stereocenters. The first-order chi connectivity index (χ1) is 14.2. The largest absolute Gasteiger partial charge is 0.397 e. The summed E-state index contributed by atoms with van der Waals surface area (Å²) in [5.74, 6) is 0. The van der Waals surface area contributed by atoms with Crippen molar-refractivity contribution in [1.82, 2.24) is 0 Å². The third-order valence-electron chi connectivity index (χ3n) is 4.38. The van der Waals surface area contributed by atoms with Crippen LogP contribution in [0.5, 0.6) is 0 Å². The van der Waals surface area contributed by atoms with E-state index < -0.39 is 95.4 Å². The fourth-order valence-electron chi connectivity index (χ4n) is 2.97. The molecule has 2 aliphatic rings. The van der Waals surface area contributed by atoms with E-state index in [1.165, 1.54) is 0 Å². The van der Waals surface area contributed by atoms with Gasteiger partial charge in [-0.3, -0.25) is 9.11 Å². The zero-order chi connectivity index (χ0) is 23.7.